The fourth-order valence-electron chi connectivity index (χ4n) is 3.76. The molecule has 0 bridgehead atoms. The maximum absolute atomic E-state index is 12.9. The summed E-state index contributed by atoms with van der Waals surface area (Å²) in [6.45, 7) is 7.57. The van der Waals surface area contributed by atoms with Crippen molar-refractivity contribution in [3.63, 3.8) is 0 Å². The molecule has 0 spiro atoms. The molecule has 3 aromatic rings. The van der Waals surface area contributed by atoms with Crippen LogP contribution in [-0.2, 0) is 6.54 Å². The van der Waals surface area contributed by atoms with Crippen LogP contribution in [0.1, 0.15) is 32.4 Å². The molecule has 1 aliphatic rings. The van der Waals surface area contributed by atoms with E-state index in [0.717, 1.165) is 5.56 Å². The summed E-state index contributed by atoms with van der Waals surface area (Å²) in [5.41, 5.74) is 1.70. The van der Waals surface area contributed by atoms with Crippen LogP contribution in [0.25, 0.3) is 11.4 Å². The largest absolute Gasteiger partial charge is 0.508 e. The number of anilines is 1. The molecule has 1 aliphatic heterocycles. The van der Waals surface area contributed by atoms with E-state index in [1.165, 1.54) is 12.4 Å². The summed E-state index contributed by atoms with van der Waals surface area (Å²) in [4.78, 5) is 28.0. The van der Waals surface area contributed by atoms with E-state index in [9.17, 15) is 9.90 Å². The smallest absolute Gasteiger partial charge is 0.255 e. The molecule has 2 aromatic heterocycles. The third-order valence-corrected chi connectivity index (χ3v) is 5.13. The minimum Gasteiger partial charge on any atom is -0.508 e. The van der Waals surface area contributed by atoms with Crippen molar-refractivity contribution in [2.24, 2.45) is 5.41 Å². The zero-order chi connectivity index (χ0) is 19.9. The first-order valence-electron chi connectivity index (χ1n) is 9.28. The number of rotatable bonds is 3. The number of aromatic hydroxyl groups is 1. The van der Waals surface area contributed by atoms with Crippen molar-refractivity contribution < 1.29 is 5.11 Å². The SMILES string of the molecule is CC(c1ccccc1O)N1CC(C)(C)Cn2c1nc(-c1ccncn1)cc2=O. The van der Waals surface area contributed by atoms with Crippen molar-refractivity contribution in [1.29, 1.82) is 0 Å². The molecule has 1 N–H and O–H groups in total. The molecule has 0 amide bonds. The maximum atomic E-state index is 12.9. The second-order valence-corrected chi connectivity index (χ2v) is 7.99. The Morgan fingerprint density at radius 1 is 1.14 bits per heavy atom. The standard InChI is InChI=1S/C21H23N5O2/c1-14(15-6-4-5-7-18(15)27)25-11-21(2,3)12-26-19(28)10-17(24-20(25)26)16-8-9-22-13-23-16/h4-10,13-14,27H,11-12H2,1-3H3. The van der Waals surface area contributed by atoms with Crippen LogP contribution in [0.5, 0.6) is 5.75 Å². The Morgan fingerprint density at radius 2 is 1.93 bits per heavy atom. The average molecular weight is 377 g/mol. The van der Waals surface area contributed by atoms with Crippen molar-refractivity contribution in [1.82, 2.24) is 19.5 Å². The van der Waals surface area contributed by atoms with Crippen LogP contribution in [0.4, 0.5) is 5.95 Å². The lowest BCUT2D eigenvalue weighted by Gasteiger charge is -2.43. The van der Waals surface area contributed by atoms with Crippen LogP contribution in [0.3, 0.4) is 0 Å². The first-order chi connectivity index (χ1) is 13.4. The minimum atomic E-state index is -0.153. The van der Waals surface area contributed by atoms with Crippen molar-refractivity contribution in [2.75, 3.05) is 11.4 Å². The number of phenols is 1. The maximum Gasteiger partial charge on any atom is 0.255 e. The van der Waals surface area contributed by atoms with E-state index in [4.69, 9.17) is 4.98 Å². The Bertz CT molecular complexity index is 1060. The van der Waals surface area contributed by atoms with Gasteiger partial charge in [0.25, 0.3) is 5.56 Å². The number of fused-ring (bicyclic) bond motifs is 1. The number of hydrogen-bond acceptors (Lipinski definition) is 6. The van der Waals surface area contributed by atoms with Crippen LogP contribution < -0.4 is 10.5 Å². The Morgan fingerprint density at radius 3 is 2.64 bits per heavy atom. The Balaban J connectivity index is 1.87. The van der Waals surface area contributed by atoms with Gasteiger partial charge >= 0.3 is 0 Å². The van der Waals surface area contributed by atoms with Crippen molar-refractivity contribution in [3.8, 4) is 17.1 Å². The fraction of sp³-hybridized carbons (Fsp3) is 0.333. The summed E-state index contributed by atoms with van der Waals surface area (Å²) in [5.74, 6) is 0.829. The van der Waals surface area contributed by atoms with Crippen LogP contribution in [0, 0.1) is 5.41 Å². The summed E-state index contributed by atoms with van der Waals surface area (Å²) in [6, 6.07) is 10.4. The molecular weight excluding hydrogens is 354 g/mol. The van der Waals surface area contributed by atoms with Crippen LogP contribution in [0.15, 0.2) is 53.7 Å². The normalized spacial score (nSPS) is 16.5. The number of phenolic OH excluding ortho intramolecular Hbond substituents is 1. The second-order valence-electron chi connectivity index (χ2n) is 7.99. The van der Waals surface area contributed by atoms with Crippen molar-refractivity contribution in [3.05, 3.63) is 64.8 Å². The van der Waals surface area contributed by atoms with E-state index in [0.29, 0.717) is 30.4 Å². The van der Waals surface area contributed by atoms with E-state index >= 15 is 0 Å². The van der Waals surface area contributed by atoms with E-state index in [1.54, 1.807) is 29.0 Å². The lowest BCUT2D eigenvalue weighted by molar-refractivity contribution is 0.264. The molecule has 0 fully saturated rings. The van der Waals surface area contributed by atoms with Crippen molar-refractivity contribution >= 4 is 5.95 Å². The summed E-state index contributed by atoms with van der Waals surface area (Å²) >= 11 is 0. The van der Waals surface area contributed by atoms with Crippen LogP contribution >= 0.6 is 0 Å². The predicted octanol–water partition coefficient (Wildman–Crippen LogP) is 3.01. The van der Waals surface area contributed by atoms with E-state index in [-0.39, 0.29) is 22.8 Å². The molecule has 1 aromatic carbocycles. The zero-order valence-electron chi connectivity index (χ0n) is 16.2. The van der Waals surface area contributed by atoms with Gasteiger partial charge in [-0.25, -0.2) is 15.0 Å². The summed E-state index contributed by atoms with van der Waals surface area (Å²) in [7, 11) is 0. The third kappa shape index (κ3) is 3.24. The number of hydrogen-bond donors (Lipinski definition) is 1. The summed E-state index contributed by atoms with van der Waals surface area (Å²) < 4.78 is 1.71. The molecule has 0 aliphatic carbocycles. The molecule has 1 atom stereocenters. The highest BCUT2D eigenvalue weighted by Gasteiger charge is 2.35. The number of benzene rings is 1. The third-order valence-electron chi connectivity index (χ3n) is 5.13. The van der Waals surface area contributed by atoms with Gasteiger partial charge in [-0.1, -0.05) is 32.0 Å². The Hall–Kier alpha value is -3.22. The first-order valence-corrected chi connectivity index (χ1v) is 9.28. The molecule has 0 saturated carbocycles. The Kier molecular flexibility index (Phi) is 4.37. The monoisotopic (exact) mass is 377 g/mol. The predicted molar refractivity (Wildman–Crippen MR) is 107 cm³/mol. The molecule has 7 nitrogen and oxygen atoms in total. The molecule has 3 heterocycles. The molecule has 0 radical (unpaired) electrons. The van der Waals surface area contributed by atoms with Gasteiger partial charge in [0.1, 0.15) is 12.1 Å². The van der Waals surface area contributed by atoms with E-state index in [1.807, 2.05) is 19.1 Å². The minimum absolute atomic E-state index is 0.110. The Labute approximate surface area is 163 Å². The highest BCUT2D eigenvalue weighted by Crippen LogP contribution is 2.37. The van der Waals surface area contributed by atoms with E-state index < -0.39 is 0 Å². The molecule has 7 heteroatoms. The van der Waals surface area contributed by atoms with Gasteiger partial charge in [0, 0.05) is 36.3 Å². The lowest BCUT2D eigenvalue weighted by Crippen LogP contribution is -2.48. The number of para-hydroxylation sites is 1. The molecule has 4 rings (SSSR count). The molecular formula is C21H23N5O2. The van der Waals surface area contributed by atoms with Crippen LogP contribution in [-0.4, -0.2) is 31.2 Å². The van der Waals surface area contributed by atoms with Gasteiger partial charge in [0.15, 0.2) is 0 Å². The number of nitrogens with zero attached hydrogens (tertiary/aromatic N) is 5. The van der Waals surface area contributed by atoms with Gasteiger partial charge in [0.2, 0.25) is 5.95 Å². The lowest BCUT2D eigenvalue weighted by atomic mass is 9.89. The van der Waals surface area contributed by atoms with Gasteiger partial charge in [0.05, 0.1) is 17.4 Å². The molecule has 0 saturated heterocycles. The van der Waals surface area contributed by atoms with Gasteiger partial charge in [-0.15, -0.1) is 0 Å². The fourth-order valence-corrected chi connectivity index (χ4v) is 3.76. The topological polar surface area (TPSA) is 84.1 Å². The quantitative estimate of drug-likeness (QED) is 0.755. The second kappa shape index (κ2) is 6.74. The van der Waals surface area contributed by atoms with Crippen LogP contribution in [0.2, 0.25) is 0 Å². The number of aromatic nitrogens is 4. The molecule has 28 heavy (non-hydrogen) atoms. The average Bonchev–Trinajstić information content (AvgIpc) is 2.68. The van der Waals surface area contributed by atoms with Gasteiger partial charge < -0.3 is 10.0 Å². The first kappa shape index (κ1) is 18.2. The molecule has 1 unspecified atom stereocenters. The summed E-state index contributed by atoms with van der Waals surface area (Å²) in [6.07, 6.45) is 3.08. The summed E-state index contributed by atoms with van der Waals surface area (Å²) in [5, 5.41) is 10.3. The highest BCUT2D eigenvalue weighted by molar-refractivity contribution is 5.56. The van der Waals surface area contributed by atoms with E-state index in [2.05, 4.69) is 28.7 Å². The van der Waals surface area contributed by atoms with Crippen molar-refractivity contribution in [2.45, 2.75) is 33.4 Å². The van der Waals surface area contributed by atoms with Gasteiger partial charge in [-0.2, -0.15) is 0 Å². The highest BCUT2D eigenvalue weighted by atomic mass is 16.3. The molecule has 144 valence electrons. The van der Waals surface area contributed by atoms with Gasteiger partial charge in [-0.3, -0.25) is 9.36 Å². The zero-order valence-corrected chi connectivity index (χ0v) is 16.2. The van der Waals surface area contributed by atoms with Gasteiger partial charge in [-0.05, 0) is 19.1 Å².